The number of carbonyl (C=O) groups excluding carboxylic acids is 2. The Kier molecular flexibility index (Phi) is 5.70. The number of nitrogens with zero attached hydrogens (tertiary/aromatic N) is 3. The van der Waals surface area contributed by atoms with Crippen molar-refractivity contribution >= 4 is 11.8 Å². The number of H-pyrrole nitrogens is 1. The number of aliphatic hydroxyl groups excluding tert-OH is 1. The molecule has 1 aromatic rings. The van der Waals surface area contributed by atoms with Crippen LogP contribution in [-0.4, -0.2) is 82.3 Å². The van der Waals surface area contributed by atoms with Crippen molar-refractivity contribution in [2.75, 3.05) is 39.3 Å². The van der Waals surface area contributed by atoms with Crippen LogP contribution in [0.2, 0.25) is 0 Å². The predicted molar refractivity (Wildman–Crippen MR) is 92.0 cm³/mol. The smallest absolute Gasteiger partial charge is 0.246 e. The predicted octanol–water partition coefficient (Wildman–Crippen LogP) is -0.529. The molecule has 0 radical (unpaired) electrons. The van der Waals surface area contributed by atoms with Crippen LogP contribution in [0, 0.1) is 0 Å². The van der Waals surface area contributed by atoms with E-state index in [-0.39, 0.29) is 24.5 Å². The number of piperazine rings is 1. The fourth-order valence-corrected chi connectivity index (χ4v) is 3.75. The van der Waals surface area contributed by atoms with Gasteiger partial charge in [-0.1, -0.05) is 0 Å². The Morgan fingerprint density at radius 3 is 2.76 bits per heavy atom. The van der Waals surface area contributed by atoms with Gasteiger partial charge in [0.2, 0.25) is 11.8 Å². The molecular weight excluding hydrogens is 322 g/mol. The summed E-state index contributed by atoms with van der Waals surface area (Å²) in [4.78, 5) is 28.2. The van der Waals surface area contributed by atoms with Crippen molar-refractivity contribution in [1.29, 1.82) is 0 Å². The van der Waals surface area contributed by atoms with Crippen molar-refractivity contribution < 1.29 is 14.7 Å². The Morgan fingerprint density at radius 2 is 2.08 bits per heavy atom. The highest BCUT2D eigenvalue weighted by molar-refractivity contribution is 5.87. The maximum absolute atomic E-state index is 12.8. The van der Waals surface area contributed by atoms with E-state index in [9.17, 15) is 9.59 Å². The molecule has 8 nitrogen and oxygen atoms in total. The van der Waals surface area contributed by atoms with E-state index in [4.69, 9.17) is 5.11 Å². The molecule has 3 rings (SSSR count). The zero-order chi connectivity index (χ0) is 17.8. The number of piperidine rings is 1. The first kappa shape index (κ1) is 17.9. The normalized spacial score (nSPS) is 22.2. The Labute approximate surface area is 147 Å². The van der Waals surface area contributed by atoms with Crippen LogP contribution in [0.15, 0.2) is 6.07 Å². The lowest BCUT2D eigenvalue weighted by atomic mass is 9.93. The van der Waals surface area contributed by atoms with Gasteiger partial charge >= 0.3 is 0 Å². The number of hydrogen-bond donors (Lipinski definition) is 3. The Bertz CT molecular complexity index is 609. The average molecular weight is 349 g/mol. The SMILES string of the molecule is CC(=O)N1CCNC[C@H]1C(=O)N1CCC(c2cc(CCO)[nH]n2)CC1. The molecule has 2 aliphatic heterocycles. The Morgan fingerprint density at radius 1 is 1.32 bits per heavy atom. The van der Waals surface area contributed by atoms with Gasteiger partial charge in [0.25, 0.3) is 0 Å². The molecule has 3 heterocycles. The minimum Gasteiger partial charge on any atom is -0.396 e. The molecule has 25 heavy (non-hydrogen) atoms. The van der Waals surface area contributed by atoms with Gasteiger partial charge < -0.3 is 20.2 Å². The highest BCUT2D eigenvalue weighted by atomic mass is 16.3. The van der Waals surface area contributed by atoms with Gasteiger partial charge in [0.1, 0.15) is 6.04 Å². The minimum absolute atomic E-state index is 0.0392. The highest BCUT2D eigenvalue weighted by Gasteiger charge is 2.35. The van der Waals surface area contributed by atoms with Gasteiger partial charge in [-0.2, -0.15) is 5.10 Å². The van der Waals surface area contributed by atoms with Crippen LogP contribution >= 0.6 is 0 Å². The number of aromatic amines is 1. The van der Waals surface area contributed by atoms with Gasteiger partial charge in [-0.3, -0.25) is 14.7 Å². The van der Waals surface area contributed by atoms with E-state index < -0.39 is 0 Å². The number of aromatic nitrogens is 2. The standard InChI is InChI=1S/C17H27N5O3/c1-12(24)22-8-5-18-11-16(22)17(25)21-6-2-13(3-7-21)15-10-14(4-9-23)19-20-15/h10,13,16,18,23H,2-9,11H2,1H3,(H,19,20)/t16-/m0/s1. The summed E-state index contributed by atoms with van der Waals surface area (Å²) in [7, 11) is 0. The van der Waals surface area contributed by atoms with Crippen molar-refractivity contribution in [3.05, 3.63) is 17.5 Å². The largest absolute Gasteiger partial charge is 0.396 e. The molecule has 2 saturated heterocycles. The van der Waals surface area contributed by atoms with Gasteiger partial charge in [-0.05, 0) is 18.9 Å². The van der Waals surface area contributed by atoms with E-state index in [1.165, 1.54) is 6.92 Å². The summed E-state index contributed by atoms with van der Waals surface area (Å²) < 4.78 is 0. The number of hydrogen-bond acceptors (Lipinski definition) is 5. The molecule has 0 bridgehead atoms. The quantitative estimate of drug-likeness (QED) is 0.678. The fraction of sp³-hybridized carbons (Fsp3) is 0.706. The molecule has 1 aromatic heterocycles. The van der Waals surface area contributed by atoms with Crippen LogP contribution < -0.4 is 5.32 Å². The van der Waals surface area contributed by atoms with E-state index in [2.05, 4.69) is 15.5 Å². The van der Waals surface area contributed by atoms with Crippen LogP contribution in [0.4, 0.5) is 0 Å². The molecule has 0 aliphatic carbocycles. The number of aliphatic hydroxyl groups is 1. The molecule has 1 atom stereocenters. The summed E-state index contributed by atoms with van der Waals surface area (Å²) in [5, 5.41) is 19.5. The monoisotopic (exact) mass is 349 g/mol. The number of rotatable bonds is 4. The maximum Gasteiger partial charge on any atom is 0.246 e. The van der Waals surface area contributed by atoms with Gasteiger partial charge in [0.05, 0.1) is 5.69 Å². The second-order valence-electron chi connectivity index (χ2n) is 6.82. The second kappa shape index (κ2) is 7.97. The number of amides is 2. The summed E-state index contributed by atoms with van der Waals surface area (Å²) >= 11 is 0. The third-order valence-electron chi connectivity index (χ3n) is 5.19. The number of carbonyl (C=O) groups is 2. The molecule has 0 saturated carbocycles. The van der Waals surface area contributed by atoms with E-state index in [0.29, 0.717) is 38.5 Å². The molecule has 2 aliphatic rings. The van der Waals surface area contributed by atoms with Crippen molar-refractivity contribution in [3.8, 4) is 0 Å². The second-order valence-corrected chi connectivity index (χ2v) is 6.82. The lowest BCUT2D eigenvalue weighted by molar-refractivity contribution is -0.146. The third-order valence-corrected chi connectivity index (χ3v) is 5.19. The molecule has 3 N–H and O–H groups in total. The van der Waals surface area contributed by atoms with Crippen molar-refractivity contribution in [2.24, 2.45) is 0 Å². The van der Waals surface area contributed by atoms with E-state index in [0.717, 1.165) is 30.8 Å². The third kappa shape index (κ3) is 4.01. The van der Waals surface area contributed by atoms with Crippen molar-refractivity contribution in [1.82, 2.24) is 25.3 Å². The topological polar surface area (TPSA) is 102 Å². The van der Waals surface area contributed by atoms with E-state index in [1.807, 2.05) is 11.0 Å². The van der Waals surface area contributed by atoms with Gasteiger partial charge in [-0.25, -0.2) is 0 Å². The first-order valence-corrected chi connectivity index (χ1v) is 9.02. The lowest BCUT2D eigenvalue weighted by Crippen LogP contribution is -2.60. The van der Waals surface area contributed by atoms with E-state index in [1.54, 1.807) is 4.90 Å². The summed E-state index contributed by atoms with van der Waals surface area (Å²) in [5.41, 5.74) is 1.96. The average Bonchev–Trinajstić information content (AvgIpc) is 3.10. The Hall–Kier alpha value is -1.93. The zero-order valence-electron chi connectivity index (χ0n) is 14.7. The van der Waals surface area contributed by atoms with Crippen LogP contribution in [0.1, 0.15) is 37.1 Å². The zero-order valence-corrected chi connectivity index (χ0v) is 14.7. The van der Waals surface area contributed by atoms with Crippen LogP contribution in [-0.2, 0) is 16.0 Å². The summed E-state index contributed by atoms with van der Waals surface area (Å²) in [5.74, 6) is 0.340. The molecular formula is C17H27N5O3. The van der Waals surface area contributed by atoms with Crippen LogP contribution in [0.5, 0.6) is 0 Å². The first-order valence-electron chi connectivity index (χ1n) is 9.02. The lowest BCUT2D eigenvalue weighted by Gasteiger charge is -2.39. The van der Waals surface area contributed by atoms with Crippen LogP contribution in [0.3, 0.4) is 0 Å². The van der Waals surface area contributed by atoms with Crippen LogP contribution in [0.25, 0.3) is 0 Å². The first-order chi connectivity index (χ1) is 12.1. The van der Waals surface area contributed by atoms with E-state index >= 15 is 0 Å². The van der Waals surface area contributed by atoms with Gasteiger partial charge in [0, 0.05) is 64.3 Å². The molecule has 0 unspecified atom stereocenters. The minimum atomic E-state index is -0.385. The summed E-state index contributed by atoms with van der Waals surface area (Å²) in [6, 6.07) is 1.63. The molecule has 138 valence electrons. The Balaban J connectivity index is 1.57. The van der Waals surface area contributed by atoms with Crippen molar-refractivity contribution in [2.45, 2.75) is 38.1 Å². The van der Waals surface area contributed by atoms with Gasteiger partial charge in [0.15, 0.2) is 0 Å². The summed E-state index contributed by atoms with van der Waals surface area (Å²) in [6.07, 6.45) is 2.32. The molecule has 0 spiro atoms. The molecule has 2 fully saturated rings. The molecule has 2 amide bonds. The molecule has 0 aromatic carbocycles. The maximum atomic E-state index is 12.8. The van der Waals surface area contributed by atoms with Crippen molar-refractivity contribution in [3.63, 3.8) is 0 Å². The number of likely N-dealkylation sites (tertiary alicyclic amines) is 1. The number of nitrogens with one attached hydrogen (secondary N) is 2. The van der Waals surface area contributed by atoms with Gasteiger partial charge in [-0.15, -0.1) is 0 Å². The molecule has 8 heteroatoms. The summed E-state index contributed by atoms with van der Waals surface area (Å²) in [6.45, 7) is 4.87. The highest BCUT2D eigenvalue weighted by Crippen LogP contribution is 2.27. The fourth-order valence-electron chi connectivity index (χ4n) is 3.75.